The van der Waals surface area contributed by atoms with Crippen molar-refractivity contribution in [3.63, 3.8) is 0 Å². The van der Waals surface area contributed by atoms with Gasteiger partial charge in [-0.05, 0) is 34.4 Å². The third kappa shape index (κ3) is 1.91. The van der Waals surface area contributed by atoms with Crippen molar-refractivity contribution in [3.05, 3.63) is 46.3 Å². The smallest absolute Gasteiger partial charge is 0.133 e. The second kappa shape index (κ2) is 5.07. The number of hydrogen-bond acceptors (Lipinski definition) is 4. The zero-order chi connectivity index (χ0) is 14.7. The molecule has 1 aliphatic rings. The first-order chi connectivity index (χ1) is 9.65. The molecule has 4 nitrogen and oxygen atoms in total. The van der Waals surface area contributed by atoms with Crippen LogP contribution in [0.2, 0.25) is 0 Å². The van der Waals surface area contributed by atoms with E-state index in [4.69, 9.17) is 21.0 Å². The van der Waals surface area contributed by atoms with Gasteiger partial charge in [0.25, 0.3) is 0 Å². The lowest BCUT2D eigenvalue weighted by atomic mass is 10.0. The lowest BCUT2D eigenvalue weighted by molar-refractivity contribution is 0.627. The van der Waals surface area contributed by atoms with E-state index in [1.807, 2.05) is 0 Å². The van der Waals surface area contributed by atoms with Crippen LogP contribution in [0.15, 0.2) is 29.3 Å². The van der Waals surface area contributed by atoms with E-state index in [2.05, 4.69) is 0 Å². The molecule has 0 bridgehead atoms. The molecular weight excluding hydrogens is 255 g/mol. The number of fused-ring (bicyclic) bond motifs is 1. The van der Waals surface area contributed by atoms with Gasteiger partial charge in [-0.1, -0.05) is 6.07 Å². The molecule has 1 aromatic carbocycles. The van der Waals surface area contributed by atoms with Gasteiger partial charge in [0, 0.05) is 6.42 Å². The summed E-state index contributed by atoms with van der Waals surface area (Å²) in [7, 11) is 0. The quantitative estimate of drug-likeness (QED) is 0.670. The molecular formula is C15H5FN4. The first-order valence-electron chi connectivity index (χ1n) is 5.53. The van der Waals surface area contributed by atoms with Crippen molar-refractivity contribution in [2.75, 3.05) is 0 Å². The standard InChI is InChI=1S/C15H5FN4/c16-11-1-2-12-13(9(5-17)6-18)4-14(15(12)3-11)10(7-19)8-20/h1-3H,4H2. The van der Waals surface area contributed by atoms with Crippen LogP contribution in [0.5, 0.6) is 0 Å². The van der Waals surface area contributed by atoms with Gasteiger partial charge in [0.15, 0.2) is 0 Å². The van der Waals surface area contributed by atoms with E-state index in [-0.39, 0.29) is 17.6 Å². The molecule has 0 aromatic heterocycles. The molecule has 1 aliphatic carbocycles. The average Bonchev–Trinajstić information content (AvgIpc) is 2.81. The van der Waals surface area contributed by atoms with Crippen molar-refractivity contribution in [3.8, 4) is 24.3 Å². The number of halogens is 1. The molecule has 0 atom stereocenters. The van der Waals surface area contributed by atoms with Gasteiger partial charge in [0.1, 0.15) is 41.2 Å². The van der Waals surface area contributed by atoms with Gasteiger partial charge in [-0.2, -0.15) is 21.0 Å². The molecule has 0 aliphatic heterocycles. The Hall–Kier alpha value is -3.41. The minimum atomic E-state index is -0.506. The molecule has 0 saturated carbocycles. The number of benzene rings is 1. The molecule has 2 rings (SSSR count). The van der Waals surface area contributed by atoms with E-state index in [1.165, 1.54) is 18.2 Å². The number of hydrogen-bond donors (Lipinski definition) is 0. The maximum atomic E-state index is 13.4. The first-order valence-corrected chi connectivity index (χ1v) is 5.53. The third-order valence-electron chi connectivity index (χ3n) is 3.04. The minimum Gasteiger partial charge on any atom is -0.207 e. The van der Waals surface area contributed by atoms with Crippen LogP contribution in [0, 0.1) is 51.1 Å². The highest BCUT2D eigenvalue weighted by atomic mass is 19.1. The van der Waals surface area contributed by atoms with Crippen LogP contribution >= 0.6 is 0 Å². The summed E-state index contributed by atoms with van der Waals surface area (Å²) in [6.45, 7) is 0. The maximum absolute atomic E-state index is 13.4. The Labute approximate surface area is 114 Å². The molecule has 20 heavy (non-hydrogen) atoms. The Kier molecular flexibility index (Phi) is 3.30. The van der Waals surface area contributed by atoms with Gasteiger partial charge in [0.05, 0.1) is 0 Å². The molecule has 0 radical (unpaired) electrons. The zero-order valence-electron chi connectivity index (χ0n) is 10.1. The third-order valence-corrected chi connectivity index (χ3v) is 3.04. The van der Waals surface area contributed by atoms with E-state index in [0.29, 0.717) is 22.3 Å². The largest absolute Gasteiger partial charge is 0.207 e. The molecule has 5 heteroatoms. The molecule has 0 N–H and O–H groups in total. The summed E-state index contributed by atoms with van der Waals surface area (Å²) >= 11 is 0. The molecule has 0 fully saturated rings. The van der Waals surface area contributed by atoms with E-state index >= 15 is 0 Å². The highest BCUT2D eigenvalue weighted by Gasteiger charge is 2.27. The van der Waals surface area contributed by atoms with E-state index in [9.17, 15) is 4.39 Å². The topological polar surface area (TPSA) is 95.2 Å². The molecule has 92 valence electrons. The van der Waals surface area contributed by atoms with Crippen molar-refractivity contribution in [2.24, 2.45) is 0 Å². The second-order valence-corrected chi connectivity index (χ2v) is 4.02. The van der Waals surface area contributed by atoms with Crippen LogP contribution in [-0.4, -0.2) is 0 Å². The molecule has 0 unspecified atom stereocenters. The van der Waals surface area contributed by atoms with Crippen LogP contribution < -0.4 is 0 Å². The number of nitriles is 4. The highest BCUT2D eigenvalue weighted by molar-refractivity contribution is 5.98. The van der Waals surface area contributed by atoms with Gasteiger partial charge in [-0.3, -0.25) is 0 Å². The van der Waals surface area contributed by atoms with Gasteiger partial charge in [0.2, 0.25) is 0 Å². The number of nitrogens with zero attached hydrogens (tertiary/aromatic N) is 4. The molecule has 0 amide bonds. The van der Waals surface area contributed by atoms with Crippen molar-refractivity contribution in [1.82, 2.24) is 0 Å². The van der Waals surface area contributed by atoms with Gasteiger partial charge in [-0.15, -0.1) is 0 Å². The average molecular weight is 260 g/mol. The fourth-order valence-corrected chi connectivity index (χ4v) is 2.16. The minimum absolute atomic E-state index is 0.0944. The summed E-state index contributed by atoms with van der Waals surface area (Å²) in [4.78, 5) is 0. The van der Waals surface area contributed by atoms with Crippen molar-refractivity contribution >= 4 is 11.1 Å². The molecule has 0 spiro atoms. The molecule has 0 saturated heterocycles. The van der Waals surface area contributed by atoms with Crippen molar-refractivity contribution in [1.29, 1.82) is 21.0 Å². The Morgan fingerprint density at radius 2 is 1.35 bits per heavy atom. The second-order valence-electron chi connectivity index (χ2n) is 4.02. The van der Waals surface area contributed by atoms with Crippen LogP contribution in [0.3, 0.4) is 0 Å². The van der Waals surface area contributed by atoms with Crippen LogP contribution in [0.4, 0.5) is 4.39 Å². The van der Waals surface area contributed by atoms with E-state index in [0.717, 1.165) is 0 Å². The predicted molar refractivity (Wildman–Crippen MR) is 67.3 cm³/mol. The Bertz CT molecular complexity index is 801. The summed E-state index contributed by atoms with van der Waals surface area (Å²) in [6, 6.07) is 11.0. The predicted octanol–water partition coefficient (Wildman–Crippen LogP) is 2.83. The van der Waals surface area contributed by atoms with Crippen molar-refractivity contribution < 1.29 is 4.39 Å². The number of rotatable bonds is 0. The molecule has 1 aromatic rings. The van der Waals surface area contributed by atoms with Crippen molar-refractivity contribution in [2.45, 2.75) is 6.42 Å². The summed E-state index contributed by atoms with van der Waals surface area (Å²) in [5.41, 5.74) is 1.44. The van der Waals surface area contributed by atoms with Gasteiger partial charge in [-0.25, -0.2) is 4.39 Å². The number of allylic oxidation sites excluding steroid dienone is 4. The monoisotopic (exact) mass is 260 g/mol. The summed E-state index contributed by atoms with van der Waals surface area (Å²) < 4.78 is 13.4. The van der Waals surface area contributed by atoms with Gasteiger partial charge >= 0.3 is 0 Å². The Morgan fingerprint density at radius 3 is 1.85 bits per heavy atom. The lowest BCUT2D eigenvalue weighted by Gasteiger charge is -2.00. The highest BCUT2D eigenvalue weighted by Crippen LogP contribution is 2.43. The van der Waals surface area contributed by atoms with Crippen LogP contribution in [0.25, 0.3) is 11.1 Å². The normalized spacial score (nSPS) is 11.7. The maximum Gasteiger partial charge on any atom is 0.133 e. The van der Waals surface area contributed by atoms with E-state index in [1.54, 1.807) is 24.3 Å². The van der Waals surface area contributed by atoms with Crippen LogP contribution in [0.1, 0.15) is 17.5 Å². The lowest BCUT2D eigenvalue weighted by Crippen LogP contribution is -1.86. The summed E-state index contributed by atoms with van der Waals surface area (Å²) in [5, 5.41) is 35.8. The fourth-order valence-electron chi connectivity index (χ4n) is 2.16. The Balaban J connectivity index is 2.86. The molecule has 0 heterocycles. The van der Waals surface area contributed by atoms with Crippen LogP contribution in [-0.2, 0) is 0 Å². The van der Waals surface area contributed by atoms with Gasteiger partial charge < -0.3 is 0 Å². The SMILES string of the molecule is N#CC(C#N)=C1CC(=C(C#N)C#N)c2cc(F)ccc21. The summed E-state index contributed by atoms with van der Waals surface area (Å²) in [5.74, 6) is -0.506. The first kappa shape index (κ1) is 13.0. The fraction of sp³-hybridized carbons (Fsp3) is 0.0667. The summed E-state index contributed by atoms with van der Waals surface area (Å²) in [6.07, 6.45) is 0.103. The van der Waals surface area contributed by atoms with E-state index < -0.39 is 5.82 Å². The Morgan fingerprint density at radius 1 is 0.850 bits per heavy atom. The zero-order valence-corrected chi connectivity index (χ0v) is 10.1.